The van der Waals surface area contributed by atoms with Crippen molar-refractivity contribution in [2.24, 2.45) is 0 Å². The van der Waals surface area contributed by atoms with E-state index < -0.39 is 10.0 Å². The van der Waals surface area contributed by atoms with Crippen LogP contribution >= 0.6 is 0 Å². The Labute approximate surface area is 113 Å². The van der Waals surface area contributed by atoms with Gasteiger partial charge in [0, 0.05) is 18.6 Å². The van der Waals surface area contributed by atoms with Gasteiger partial charge in [0.1, 0.15) is 0 Å². The van der Waals surface area contributed by atoms with Gasteiger partial charge in [0.05, 0.1) is 6.20 Å². The first-order valence-corrected chi connectivity index (χ1v) is 8.36. The molecule has 0 spiro atoms. The minimum atomic E-state index is -3.42. The number of hydrogen-bond donors (Lipinski definition) is 2. The van der Waals surface area contributed by atoms with Gasteiger partial charge in [-0.1, -0.05) is 6.42 Å². The van der Waals surface area contributed by atoms with Crippen molar-refractivity contribution in [3.63, 3.8) is 0 Å². The average molecular weight is 284 g/mol. The molecule has 2 fully saturated rings. The summed E-state index contributed by atoms with van der Waals surface area (Å²) < 4.78 is 26.8. The SMILES string of the molecule is O=S(=O)(c1ccn[nH]1)N(CC1CCCCN1)C1CC1. The van der Waals surface area contributed by atoms with E-state index in [-0.39, 0.29) is 17.1 Å². The van der Waals surface area contributed by atoms with Crippen LogP contribution in [0.1, 0.15) is 32.1 Å². The summed E-state index contributed by atoms with van der Waals surface area (Å²) in [5, 5.41) is 9.95. The largest absolute Gasteiger partial charge is 0.313 e. The Morgan fingerprint density at radius 3 is 2.74 bits per heavy atom. The summed E-state index contributed by atoms with van der Waals surface area (Å²) in [5.74, 6) is 0. The van der Waals surface area contributed by atoms with Crippen LogP contribution in [0, 0.1) is 0 Å². The maximum atomic E-state index is 12.6. The second-order valence-electron chi connectivity index (χ2n) is 5.37. The minimum absolute atomic E-state index is 0.178. The molecular formula is C12H20N4O2S. The quantitative estimate of drug-likeness (QED) is 0.834. The maximum absolute atomic E-state index is 12.6. The lowest BCUT2D eigenvalue weighted by atomic mass is 10.1. The molecule has 2 N–H and O–H groups in total. The summed E-state index contributed by atoms with van der Waals surface area (Å²) in [6, 6.07) is 1.99. The lowest BCUT2D eigenvalue weighted by Crippen LogP contribution is -2.46. The topological polar surface area (TPSA) is 78.1 Å². The van der Waals surface area contributed by atoms with E-state index in [0.29, 0.717) is 6.54 Å². The number of piperidine rings is 1. The number of hydrogen-bond acceptors (Lipinski definition) is 4. The Balaban J connectivity index is 1.77. The molecule has 0 aromatic carbocycles. The Morgan fingerprint density at radius 1 is 1.32 bits per heavy atom. The van der Waals surface area contributed by atoms with Crippen molar-refractivity contribution < 1.29 is 8.42 Å². The number of nitrogens with one attached hydrogen (secondary N) is 2. The van der Waals surface area contributed by atoms with Crippen molar-refractivity contribution in [2.75, 3.05) is 13.1 Å². The van der Waals surface area contributed by atoms with Crippen LogP contribution in [0.5, 0.6) is 0 Å². The highest BCUT2D eigenvalue weighted by Crippen LogP contribution is 2.32. The lowest BCUT2D eigenvalue weighted by molar-refractivity contribution is 0.307. The van der Waals surface area contributed by atoms with Gasteiger partial charge in [-0.2, -0.15) is 9.40 Å². The molecular weight excluding hydrogens is 264 g/mol. The third kappa shape index (κ3) is 2.82. The van der Waals surface area contributed by atoms with Gasteiger partial charge in [0.25, 0.3) is 10.0 Å². The first-order valence-electron chi connectivity index (χ1n) is 6.92. The van der Waals surface area contributed by atoms with Crippen molar-refractivity contribution >= 4 is 10.0 Å². The van der Waals surface area contributed by atoms with Crippen molar-refractivity contribution in [3.8, 4) is 0 Å². The van der Waals surface area contributed by atoms with Crippen molar-refractivity contribution in [2.45, 2.75) is 49.2 Å². The molecule has 19 heavy (non-hydrogen) atoms. The first-order chi connectivity index (χ1) is 9.18. The smallest absolute Gasteiger partial charge is 0.260 e. The summed E-state index contributed by atoms with van der Waals surface area (Å²) in [5.41, 5.74) is 0. The molecule has 1 aliphatic heterocycles. The van der Waals surface area contributed by atoms with Gasteiger partial charge in [-0.15, -0.1) is 0 Å². The minimum Gasteiger partial charge on any atom is -0.313 e. The highest BCUT2D eigenvalue weighted by molar-refractivity contribution is 7.89. The third-order valence-electron chi connectivity index (χ3n) is 3.83. The summed E-state index contributed by atoms with van der Waals surface area (Å²) in [4.78, 5) is 0. The van der Waals surface area contributed by atoms with Gasteiger partial charge in [-0.05, 0) is 38.3 Å². The molecule has 1 saturated carbocycles. The standard InChI is InChI=1S/C12H20N4O2S/c17-19(18,12-6-8-14-15-12)16(11-4-5-11)9-10-3-1-2-7-13-10/h6,8,10-11,13H,1-5,7,9H2,(H,14,15). The van der Waals surface area contributed by atoms with Gasteiger partial charge >= 0.3 is 0 Å². The van der Waals surface area contributed by atoms with Crippen molar-refractivity contribution in [3.05, 3.63) is 12.3 Å². The molecule has 1 aliphatic carbocycles. The maximum Gasteiger partial charge on any atom is 0.260 e. The van der Waals surface area contributed by atoms with E-state index in [1.807, 2.05) is 0 Å². The molecule has 1 atom stereocenters. The zero-order chi connectivity index (χ0) is 13.3. The average Bonchev–Trinajstić information content (AvgIpc) is 3.09. The van der Waals surface area contributed by atoms with E-state index in [9.17, 15) is 8.42 Å². The number of H-pyrrole nitrogens is 1. The van der Waals surface area contributed by atoms with Crippen LogP contribution in [0.15, 0.2) is 17.3 Å². The molecule has 1 unspecified atom stereocenters. The van der Waals surface area contributed by atoms with E-state index in [2.05, 4.69) is 15.5 Å². The molecule has 2 heterocycles. The number of aromatic nitrogens is 2. The number of nitrogens with zero attached hydrogens (tertiary/aromatic N) is 2. The fourth-order valence-electron chi connectivity index (χ4n) is 2.62. The van der Waals surface area contributed by atoms with Gasteiger partial charge < -0.3 is 5.32 Å². The number of sulfonamides is 1. The Morgan fingerprint density at radius 2 is 2.16 bits per heavy atom. The van der Waals surface area contributed by atoms with E-state index in [1.165, 1.54) is 25.1 Å². The van der Waals surface area contributed by atoms with Gasteiger partial charge in [0.15, 0.2) is 5.03 Å². The highest BCUT2D eigenvalue weighted by Gasteiger charge is 2.39. The van der Waals surface area contributed by atoms with Crippen LogP contribution in [-0.4, -0.2) is 48.1 Å². The van der Waals surface area contributed by atoms with E-state index in [1.54, 1.807) is 4.31 Å². The summed E-state index contributed by atoms with van der Waals surface area (Å²) in [6.45, 7) is 1.57. The Kier molecular flexibility index (Phi) is 3.60. The Bertz CT molecular complexity index is 504. The third-order valence-corrected chi connectivity index (χ3v) is 5.68. The molecule has 2 aliphatic rings. The van der Waals surface area contributed by atoms with Crippen LogP contribution in [0.4, 0.5) is 0 Å². The summed E-state index contributed by atoms with van der Waals surface area (Å²) >= 11 is 0. The normalized spacial score (nSPS) is 24.8. The zero-order valence-corrected chi connectivity index (χ0v) is 11.7. The predicted molar refractivity (Wildman–Crippen MR) is 71.1 cm³/mol. The second kappa shape index (κ2) is 5.22. The van der Waals surface area contributed by atoms with Crippen molar-refractivity contribution in [1.82, 2.24) is 19.8 Å². The molecule has 1 saturated heterocycles. The van der Waals surface area contributed by atoms with Crippen LogP contribution in [-0.2, 0) is 10.0 Å². The molecule has 0 bridgehead atoms. The van der Waals surface area contributed by atoms with Crippen LogP contribution in [0.2, 0.25) is 0 Å². The molecule has 1 aromatic rings. The molecule has 0 radical (unpaired) electrons. The van der Waals surface area contributed by atoms with Crippen LogP contribution in [0.3, 0.4) is 0 Å². The summed E-state index contributed by atoms with van der Waals surface area (Å²) in [7, 11) is -3.42. The molecule has 106 valence electrons. The van der Waals surface area contributed by atoms with E-state index in [0.717, 1.165) is 25.8 Å². The zero-order valence-electron chi connectivity index (χ0n) is 10.9. The molecule has 3 rings (SSSR count). The second-order valence-corrected chi connectivity index (χ2v) is 7.23. The molecule has 6 nitrogen and oxygen atoms in total. The van der Waals surface area contributed by atoms with Gasteiger partial charge in [-0.25, -0.2) is 8.42 Å². The summed E-state index contributed by atoms with van der Waals surface area (Å²) in [6.07, 6.45) is 6.85. The predicted octanol–water partition coefficient (Wildman–Crippen LogP) is 0.705. The highest BCUT2D eigenvalue weighted by atomic mass is 32.2. The van der Waals surface area contributed by atoms with Gasteiger partial charge in [-0.3, -0.25) is 5.10 Å². The van der Waals surface area contributed by atoms with Crippen molar-refractivity contribution in [1.29, 1.82) is 0 Å². The lowest BCUT2D eigenvalue weighted by Gasteiger charge is -2.29. The van der Waals surface area contributed by atoms with E-state index in [4.69, 9.17) is 0 Å². The number of aromatic amines is 1. The fraction of sp³-hybridized carbons (Fsp3) is 0.750. The van der Waals surface area contributed by atoms with Crippen LogP contribution < -0.4 is 5.32 Å². The molecule has 0 amide bonds. The Hall–Kier alpha value is -0.920. The first kappa shape index (κ1) is 13.1. The fourth-order valence-corrected chi connectivity index (χ4v) is 4.25. The van der Waals surface area contributed by atoms with Crippen LogP contribution in [0.25, 0.3) is 0 Å². The molecule has 1 aromatic heterocycles. The van der Waals surface area contributed by atoms with E-state index >= 15 is 0 Å². The van der Waals surface area contributed by atoms with Gasteiger partial charge in [0.2, 0.25) is 0 Å². The molecule has 7 heteroatoms. The number of rotatable bonds is 5. The monoisotopic (exact) mass is 284 g/mol.